The van der Waals surface area contributed by atoms with Crippen molar-refractivity contribution < 1.29 is 38.4 Å². The van der Waals surface area contributed by atoms with Crippen molar-refractivity contribution in [2.75, 3.05) is 13.2 Å². The van der Waals surface area contributed by atoms with Gasteiger partial charge in [0.2, 0.25) is 0 Å². The number of rotatable bonds is 14. The molecule has 1 saturated heterocycles. The first-order chi connectivity index (χ1) is 25.5. The van der Waals surface area contributed by atoms with Crippen LogP contribution in [0.4, 0.5) is 4.79 Å². The van der Waals surface area contributed by atoms with Crippen LogP contribution in [-0.2, 0) is 48.3 Å². The number of nitrogens with one attached hydrogen (secondary N) is 1. The normalized spacial score (nSPS) is 20.8. The molecule has 2 N–H and O–H groups in total. The second-order valence-electron chi connectivity index (χ2n) is 13.0. The Morgan fingerprint density at radius 2 is 1.08 bits per heavy atom. The lowest BCUT2D eigenvalue weighted by Crippen LogP contribution is -2.67. The molecule has 0 unspecified atom stereocenters. The van der Waals surface area contributed by atoms with Gasteiger partial charge >= 0.3 is 12.1 Å². The molecular formula is C43H41NO8. The summed E-state index contributed by atoms with van der Waals surface area (Å²) in [7, 11) is 0. The van der Waals surface area contributed by atoms with Crippen molar-refractivity contribution in [1.29, 1.82) is 0 Å². The number of carboxylic acid groups (broad SMARTS) is 1. The van der Waals surface area contributed by atoms with Gasteiger partial charge in [-0.15, -0.1) is 0 Å². The number of alkyl carbamates (subject to hydrolysis) is 1. The fraction of sp³-hybridized carbons (Fsp3) is 0.256. The van der Waals surface area contributed by atoms with Gasteiger partial charge in [-0.25, -0.2) is 9.59 Å². The van der Waals surface area contributed by atoms with Crippen LogP contribution >= 0.6 is 0 Å². The smallest absolute Gasteiger partial charge is 0.407 e. The number of ether oxygens (including phenoxy) is 5. The highest BCUT2D eigenvalue weighted by Gasteiger charge is 2.51. The zero-order valence-electron chi connectivity index (χ0n) is 28.6. The van der Waals surface area contributed by atoms with Crippen LogP contribution in [0.25, 0.3) is 11.1 Å². The molecule has 7 rings (SSSR count). The van der Waals surface area contributed by atoms with Gasteiger partial charge in [0.05, 0.1) is 32.5 Å². The highest BCUT2D eigenvalue weighted by atomic mass is 16.6. The molecule has 0 bridgehead atoms. The Balaban J connectivity index is 1.14. The van der Waals surface area contributed by atoms with E-state index in [1.807, 2.05) is 127 Å². The number of fused-ring (bicyclic) bond motifs is 3. The van der Waals surface area contributed by atoms with Crippen LogP contribution in [0.15, 0.2) is 140 Å². The van der Waals surface area contributed by atoms with Gasteiger partial charge < -0.3 is 34.1 Å². The van der Waals surface area contributed by atoms with Crippen molar-refractivity contribution in [3.05, 3.63) is 167 Å². The Kier molecular flexibility index (Phi) is 11.3. The Morgan fingerprint density at radius 3 is 1.62 bits per heavy atom. The number of carboxylic acids is 1. The molecule has 1 amide bonds. The van der Waals surface area contributed by atoms with E-state index < -0.39 is 42.5 Å². The van der Waals surface area contributed by atoms with E-state index in [1.165, 1.54) is 0 Å². The molecule has 0 radical (unpaired) electrons. The third kappa shape index (κ3) is 8.25. The number of hydrogen-bond donors (Lipinski definition) is 2. The number of aliphatic carboxylic acids is 1. The van der Waals surface area contributed by atoms with E-state index in [-0.39, 0.29) is 32.3 Å². The Hall–Kier alpha value is -5.32. The fourth-order valence-corrected chi connectivity index (χ4v) is 7.02. The maximum Gasteiger partial charge on any atom is 0.407 e. The second kappa shape index (κ2) is 16.8. The van der Waals surface area contributed by atoms with Crippen LogP contribution < -0.4 is 5.32 Å². The SMILES string of the molecule is O=C(N[C@@H]1[C@@H](OCc2ccccc2)[C@H](OCc2ccccc2)[C@@H](COCc2ccccc2)O[C@H]1C(=O)O)OCC1c2ccccc2-c2ccccc21. The maximum absolute atomic E-state index is 13.7. The van der Waals surface area contributed by atoms with Gasteiger partial charge in [0.1, 0.15) is 24.9 Å². The molecule has 0 spiro atoms. The molecule has 9 nitrogen and oxygen atoms in total. The van der Waals surface area contributed by atoms with Crippen LogP contribution in [0.1, 0.15) is 33.7 Å². The van der Waals surface area contributed by atoms with E-state index in [0.717, 1.165) is 38.9 Å². The Labute approximate surface area is 303 Å². The first-order valence-corrected chi connectivity index (χ1v) is 17.5. The minimum atomic E-state index is -1.48. The minimum Gasteiger partial charge on any atom is -0.479 e. The monoisotopic (exact) mass is 699 g/mol. The topological polar surface area (TPSA) is 113 Å². The van der Waals surface area contributed by atoms with Crippen LogP contribution in [0.3, 0.4) is 0 Å². The van der Waals surface area contributed by atoms with Crippen LogP contribution in [-0.4, -0.2) is 60.8 Å². The number of amides is 1. The molecule has 52 heavy (non-hydrogen) atoms. The highest BCUT2D eigenvalue weighted by Crippen LogP contribution is 2.44. The molecule has 1 heterocycles. The summed E-state index contributed by atoms with van der Waals surface area (Å²) in [4.78, 5) is 26.6. The van der Waals surface area contributed by atoms with E-state index >= 15 is 0 Å². The fourth-order valence-electron chi connectivity index (χ4n) is 7.02. The largest absolute Gasteiger partial charge is 0.479 e. The quantitative estimate of drug-likeness (QED) is 0.126. The van der Waals surface area contributed by atoms with E-state index in [2.05, 4.69) is 17.4 Å². The minimum absolute atomic E-state index is 0.0288. The molecular weight excluding hydrogens is 658 g/mol. The summed E-state index contributed by atoms with van der Waals surface area (Å²) >= 11 is 0. The summed E-state index contributed by atoms with van der Waals surface area (Å²) in [6, 6.07) is 43.8. The van der Waals surface area contributed by atoms with Crippen molar-refractivity contribution in [1.82, 2.24) is 5.32 Å². The molecule has 9 heteroatoms. The lowest BCUT2D eigenvalue weighted by molar-refractivity contribution is -0.234. The van der Waals surface area contributed by atoms with Crippen molar-refractivity contribution in [3.63, 3.8) is 0 Å². The first kappa shape index (κ1) is 35.1. The number of carbonyl (C=O) groups is 2. The zero-order valence-corrected chi connectivity index (χ0v) is 28.6. The lowest BCUT2D eigenvalue weighted by Gasteiger charge is -2.45. The van der Waals surface area contributed by atoms with Gasteiger partial charge in [0.25, 0.3) is 0 Å². The molecule has 1 fully saturated rings. The second-order valence-corrected chi connectivity index (χ2v) is 13.0. The van der Waals surface area contributed by atoms with Gasteiger partial charge in [0, 0.05) is 5.92 Å². The summed E-state index contributed by atoms with van der Waals surface area (Å²) < 4.78 is 31.3. The number of benzene rings is 5. The van der Waals surface area contributed by atoms with Gasteiger partial charge in [-0.1, -0.05) is 140 Å². The van der Waals surface area contributed by atoms with Crippen molar-refractivity contribution in [2.24, 2.45) is 0 Å². The molecule has 5 aromatic rings. The van der Waals surface area contributed by atoms with Crippen molar-refractivity contribution in [2.45, 2.75) is 56.2 Å². The average Bonchev–Trinajstić information content (AvgIpc) is 3.50. The lowest BCUT2D eigenvalue weighted by atomic mass is 9.92. The molecule has 2 aliphatic rings. The average molecular weight is 700 g/mol. The molecule has 5 atom stereocenters. The summed E-state index contributed by atoms with van der Waals surface area (Å²) in [6.45, 7) is 0.723. The molecule has 1 aliphatic carbocycles. The standard InChI is InChI=1S/C43H41NO8/c45-42(46)41-38(44-43(47)51-27-36-34-22-12-10-20-32(34)33-21-11-13-23-35(33)36)40(50-26-31-18-8-3-9-19-31)39(49-25-30-16-6-2-7-17-30)37(52-41)28-48-24-29-14-4-1-5-15-29/h1-23,36-41H,24-28H2,(H,44,47)(H,45,46)/t37-,38-,39-,40-,41-/m1/s1. The van der Waals surface area contributed by atoms with Gasteiger partial charge in [-0.2, -0.15) is 0 Å². The van der Waals surface area contributed by atoms with Crippen LogP contribution in [0.5, 0.6) is 0 Å². The third-order valence-corrected chi connectivity index (χ3v) is 9.53. The van der Waals surface area contributed by atoms with Gasteiger partial charge in [-0.3, -0.25) is 0 Å². The summed E-state index contributed by atoms with van der Waals surface area (Å²) in [5.74, 6) is -1.43. The van der Waals surface area contributed by atoms with Crippen molar-refractivity contribution >= 4 is 12.1 Å². The summed E-state index contributed by atoms with van der Waals surface area (Å²) in [6.07, 6.45) is -4.88. The Bertz CT molecular complexity index is 1880. The molecule has 1 aliphatic heterocycles. The number of carbonyl (C=O) groups excluding carboxylic acids is 1. The predicted molar refractivity (Wildman–Crippen MR) is 194 cm³/mol. The maximum atomic E-state index is 13.7. The van der Waals surface area contributed by atoms with Crippen LogP contribution in [0, 0.1) is 0 Å². The predicted octanol–water partition coefficient (Wildman–Crippen LogP) is 7.13. The van der Waals surface area contributed by atoms with E-state index in [9.17, 15) is 14.7 Å². The van der Waals surface area contributed by atoms with E-state index in [0.29, 0.717) is 6.61 Å². The third-order valence-electron chi connectivity index (χ3n) is 9.53. The molecule has 0 saturated carbocycles. The zero-order chi connectivity index (χ0) is 35.7. The Morgan fingerprint density at radius 1 is 0.596 bits per heavy atom. The van der Waals surface area contributed by atoms with Crippen LogP contribution in [0.2, 0.25) is 0 Å². The first-order valence-electron chi connectivity index (χ1n) is 17.5. The van der Waals surface area contributed by atoms with E-state index in [1.54, 1.807) is 0 Å². The van der Waals surface area contributed by atoms with Gasteiger partial charge in [0.15, 0.2) is 6.10 Å². The number of hydrogen-bond acceptors (Lipinski definition) is 7. The summed E-state index contributed by atoms with van der Waals surface area (Å²) in [5.41, 5.74) is 7.09. The van der Waals surface area contributed by atoms with E-state index in [4.69, 9.17) is 23.7 Å². The summed E-state index contributed by atoms with van der Waals surface area (Å²) in [5, 5.41) is 13.3. The van der Waals surface area contributed by atoms with Gasteiger partial charge in [-0.05, 0) is 38.9 Å². The molecule has 5 aromatic carbocycles. The molecule has 0 aromatic heterocycles. The molecule has 266 valence electrons. The van der Waals surface area contributed by atoms with Crippen molar-refractivity contribution in [3.8, 4) is 11.1 Å². The highest BCUT2D eigenvalue weighted by molar-refractivity contribution is 5.79.